The third-order valence-corrected chi connectivity index (χ3v) is 5.11. The van der Waals surface area contributed by atoms with Gasteiger partial charge in [0.15, 0.2) is 0 Å². The summed E-state index contributed by atoms with van der Waals surface area (Å²) in [5.41, 5.74) is 5.46. The second kappa shape index (κ2) is 8.86. The lowest BCUT2D eigenvalue weighted by Crippen LogP contribution is -2.34. The molecular formula is C24H27N3O2. The van der Waals surface area contributed by atoms with Gasteiger partial charge in [-0.25, -0.2) is 4.68 Å². The summed E-state index contributed by atoms with van der Waals surface area (Å²) in [6.07, 6.45) is 1.40. The molecule has 2 aromatic carbocycles. The van der Waals surface area contributed by atoms with E-state index in [2.05, 4.69) is 17.3 Å². The minimum Gasteiger partial charge on any atom is -0.324 e. The molecule has 0 aliphatic rings. The standard InChI is InChI=1S/C24H27N3O2/c1-5-18-9-11-19(12-10-18)25-24(29)22(6-2)27-23(28)14-13-21(26-27)20-15-16(3)7-8-17(20)4/h7-15,22H,5-6H2,1-4H3,(H,25,29)/t22-/m0/s1. The largest absolute Gasteiger partial charge is 0.324 e. The van der Waals surface area contributed by atoms with E-state index >= 15 is 0 Å². The monoisotopic (exact) mass is 389 g/mol. The van der Waals surface area contributed by atoms with Gasteiger partial charge in [0.1, 0.15) is 6.04 Å². The highest BCUT2D eigenvalue weighted by Crippen LogP contribution is 2.23. The van der Waals surface area contributed by atoms with Crippen LogP contribution >= 0.6 is 0 Å². The van der Waals surface area contributed by atoms with Gasteiger partial charge in [-0.3, -0.25) is 9.59 Å². The minimum atomic E-state index is -0.682. The molecule has 0 saturated heterocycles. The van der Waals surface area contributed by atoms with Crippen LogP contribution in [0.15, 0.2) is 59.4 Å². The van der Waals surface area contributed by atoms with Crippen LogP contribution in [0.4, 0.5) is 5.69 Å². The molecule has 0 fully saturated rings. The second-order valence-corrected chi connectivity index (χ2v) is 7.28. The smallest absolute Gasteiger partial charge is 0.267 e. The van der Waals surface area contributed by atoms with Crippen LogP contribution in [0.1, 0.15) is 43.0 Å². The number of hydrogen-bond acceptors (Lipinski definition) is 3. The normalized spacial score (nSPS) is 11.9. The van der Waals surface area contributed by atoms with Crippen LogP contribution in [0.3, 0.4) is 0 Å². The number of hydrogen-bond donors (Lipinski definition) is 1. The average Bonchev–Trinajstić information content (AvgIpc) is 2.72. The number of amides is 1. The van der Waals surface area contributed by atoms with Crippen molar-refractivity contribution in [1.29, 1.82) is 0 Å². The lowest BCUT2D eigenvalue weighted by atomic mass is 10.0. The molecule has 0 aliphatic heterocycles. The van der Waals surface area contributed by atoms with Crippen molar-refractivity contribution in [3.8, 4) is 11.3 Å². The van der Waals surface area contributed by atoms with Crippen LogP contribution in [-0.2, 0) is 11.2 Å². The first-order valence-electron chi connectivity index (χ1n) is 10.00. The average molecular weight is 389 g/mol. The molecule has 5 nitrogen and oxygen atoms in total. The molecule has 0 unspecified atom stereocenters. The van der Waals surface area contributed by atoms with E-state index in [0.717, 1.165) is 23.1 Å². The number of benzene rings is 2. The Morgan fingerprint density at radius 2 is 1.76 bits per heavy atom. The third-order valence-electron chi connectivity index (χ3n) is 5.11. The highest BCUT2D eigenvalue weighted by Gasteiger charge is 2.22. The Labute approximate surface area is 171 Å². The van der Waals surface area contributed by atoms with Gasteiger partial charge < -0.3 is 5.32 Å². The van der Waals surface area contributed by atoms with Crippen LogP contribution < -0.4 is 10.9 Å². The molecule has 150 valence electrons. The number of nitrogens with one attached hydrogen (secondary N) is 1. The first-order valence-corrected chi connectivity index (χ1v) is 10.00. The molecule has 5 heteroatoms. The molecule has 0 aliphatic carbocycles. The number of aryl methyl sites for hydroxylation is 3. The highest BCUT2D eigenvalue weighted by atomic mass is 16.2. The Bertz CT molecular complexity index is 1070. The van der Waals surface area contributed by atoms with Gasteiger partial charge in [-0.15, -0.1) is 0 Å². The summed E-state index contributed by atoms with van der Waals surface area (Å²) in [5, 5.41) is 7.46. The summed E-state index contributed by atoms with van der Waals surface area (Å²) in [6, 6.07) is 16.4. The van der Waals surface area contributed by atoms with Crippen molar-refractivity contribution in [2.75, 3.05) is 5.32 Å². The van der Waals surface area contributed by atoms with E-state index in [-0.39, 0.29) is 11.5 Å². The number of aromatic nitrogens is 2. The van der Waals surface area contributed by atoms with Crippen molar-refractivity contribution in [2.24, 2.45) is 0 Å². The van der Waals surface area contributed by atoms with E-state index in [4.69, 9.17) is 0 Å². The van der Waals surface area contributed by atoms with Crippen LogP contribution in [0.5, 0.6) is 0 Å². The highest BCUT2D eigenvalue weighted by molar-refractivity contribution is 5.93. The maximum atomic E-state index is 12.9. The Balaban J connectivity index is 1.93. The zero-order valence-corrected chi connectivity index (χ0v) is 17.4. The van der Waals surface area contributed by atoms with E-state index in [9.17, 15) is 9.59 Å². The van der Waals surface area contributed by atoms with E-state index < -0.39 is 6.04 Å². The molecule has 3 aromatic rings. The van der Waals surface area contributed by atoms with Gasteiger partial charge in [0.05, 0.1) is 5.69 Å². The van der Waals surface area contributed by atoms with Gasteiger partial charge in [0.2, 0.25) is 5.91 Å². The zero-order chi connectivity index (χ0) is 21.0. The second-order valence-electron chi connectivity index (χ2n) is 7.28. The Hall–Kier alpha value is -3.21. The molecule has 1 atom stereocenters. The fraction of sp³-hybridized carbons (Fsp3) is 0.292. The van der Waals surface area contributed by atoms with Crippen molar-refractivity contribution in [3.05, 3.63) is 81.6 Å². The molecule has 1 aromatic heterocycles. The molecule has 1 N–H and O–H groups in total. The van der Waals surface area contributed by atoms with Crippen molar-refractivity contribution < 1.29 is 4.79 Å². The number of carbonyl (C=O) groups is 1. The van der Waals surface area contributed by atoms with Crippen molar-refractivity contribution in [2.45, 2.75) is 46.6 Å². The van der Waals surface area contributed by atoms with E-state index in [0.29, 0.717) is 17.8 Å². The number of anilines is 1. The maximum Gasteiger partial charge on any atom is 0.267 e. The zero-order valence-electron chi connectivity index (χ0n) is 17.4. The summed E-state index contributed by atoms with van der Waals surface area (Å²) in [4.78, 5) is 25.4. The number of nitrogens with zero attached hydrogens (tertiary/aromatic N) is 2. The first-order chi connectivity index (χ1) is 13.9. The molecule has 29 heavy (non-hydrogen) atoms. The molecule has 0 bridgehead atoms. The molecule has 0 spiro atoms. The molecule has 0 saturated carbocycles. The Morgan fingerprint density at radius 3 is 2.41 bits per heavy atom. The van der Waals surface area contributed by atoms with Crippen molar-refractivity contribution >= 4 is 11.6 Å². The fourth-order valence-electron chi connectivity index (χ4n) is 3.32. The summed E-state index contributed by atoms with van der Waals surface area (Å²) < 4.78 is 1.30. The van der Waals surface area contributed by atoms with Gasteiger partial charge in [0.25, 0.3) is 5.56 Å². The van der Waals surface area contributed by atoms with Crippen molar-refractivity contribution in [1.82, 2.24) is 9.78 Å². The lowest BCUT2D eigenvalue weighted by Gasteiger charge is -2.18. The number of carbonyl (C=O) groups excluding carboxylic acids is 1. The van der Waals surface area contributed by atoms with Gasteiger partial charge in [0, 0.05) is 17.3 Å². The van der Waals surface area contributed by atoms with Crippen LogP contribution in [0, 0.1) is 13.8 Å². The SMILES string of the molecule is CCc1ccc(NC(=O)[C@H](CC)n2nc(-c3cc(C)ccc3C)ccc2=O)cc1. The van der Waals surface area contributed by atoms with E-state index in [1.807, 2.05) is 63.2 Å². The van der Waals surface area contributed by atoms with E-state index in [1.165, 1.54) is 16.3 Å². The Kier molecular flexibility index (Phi) is 6.27. The first kappa shape index (κ1) is 20.5. The van der Waals surface area contributed by atoms with Gasteiger partial charge in [-0.05, 0) is 62.1 Å². The van der Waals surface area contributed by atoms with E-state index in [1.54, 1.807) is 6.07 Å². The van der Waals surface area contributed by atoms with Crippen molar-refractivity contribution in [3.63, 3.8) is 0 Å². The third kappa shape index (κ3) is 4.62. The minimum absolute atomic E-state index is 0.246. The molecule has 1 heterocycles. The summed E-state index contributed by atoms with van der Waals surface area (Å²) in [5.74, 6) is -0.246. The molecule has 1 amide bonds. The lowest BCUT2D eigenvalue weighted by molar-refractivity contribution is -0.119. The van der Waals surface area contributed by atoms with Crippen LogP contribution in [0.2, 0.25) is 0 Å². The number of rotatable bonds is 6. The predicted octanol–water partition coefficient (Wildman–Crippen LogP) is 4.68. The quantitative estimate of drug-likeness (QED) is 0.666. The fourth-order valence-corrected chi connectivity index (χ4v) is 3.32. The van der Waals surface area contributed by atoms with Gasteiger partial charge >= 0.3 is 0 Å². The summed E-state index contributed by atoms with van der Waals surface area (Å²) in [6.45, 7) is 7.99. The van der Waals surface area contributed by atoms with Crippen LogP contribution in [0.25, 0.3) is 11.3 Å². The predicted molar refractivity (Wildman–Crippen MR) is 117 cm³/mol. The summed E-state index contributed by atoms with van der Waals surface area (Å²) >= 11 is 0. The molecule has 3 rings (SSSR count). The molecule has 0 radical (unpaired) electrons. The van der Waals surface area contributed by atoms with Crippen LogP contribution in [-0.4, -0.2) is 15.7 Å². The summed E-state index contributed by atoms with van der Waals surface area (Å²) in [7, 11) is 0. The Morgan fingerprint density at radius 1 is 1.03 bits per heavy atom. The maximum absolute atomic E-state index is 12.9. The molecular weight excluding hydrogens is 362 g/mol. The topological polar surface area (TPSA) is 64.0 Å². The van der Waals surface area contributed by atoms with Gasteiger partial charge in [-0.2, -0.15) is 5.10 Å². The van der Waals surface area contributed by atoms with Gasteiger partial charge in [-0.1, -0.05) is 43.7 Å².